The van der Waals surface area contributed by atoms with Crippen LogP contribution >= 0.6 is 0 Å². The lowest BCUT2D eigenvalue weighted by Gasteiger charge is -2.15. The molecule has 0 unspecified atom stereocenters. The van der Waals surface area contributed by atoms with Gasteiger partial charge in [0, 0.05) is 24.6 Å². The zero-order chi connectivity index (χ0) is 19.0. The minimum atomic E-state index is -3.68. The van der Waals surface area contributed by atoms with Gasteiger partial charge in [0.1, 0.15) is 5.75 Å². The average molecular weight is 374 g/mol. The van der Waals surface area contributed by atoms with Crippen LogP contribution in [0.1, 0.15) is 11.1 Å². The molecule has 2 aromatic rings. The number of amides is 1. The van der Waals surface area contributed by atoms with Crippen molar-refractivity contribution < 1.29 is 17.9 Å². The van der Waals surface area contributed by atoms with Gasteiger partial charge < -0.3 is 10.1 Å². The lowest BCUT2D eigenvalue weighted by atomic mass is 10.2. The lowest BCUT2D eigenvalue weighted by Crippen LogP contribution is -2.37. The van der Waals surface area contributed by atoms with E-state index in [0.29, 0.717) is 5.75 Å². The quantitative estimate of drug-likeness (QED) is 0.769. The van der Waals surface area contributed by atoms with Crippen LogP contribution in [0.4, 0.5) is 0 Å². The molecule has 138 valence electrons. The largest absolute Gasteiger partial charge is 0.496 e. The molecular weight excluding hydrogens is 352 g/mol. The summed E-state index contributed by atoms with van der Waals surface area (Å²) in [6.07, 6.45) is 1.50. The van der Waals surface area contributed by atoms with Gasteiger partial charge in [-0.15, -0.1) is 0 Å². The van der Waals surface area contributed by atoms with Gasteiger partial charge in [-0.3, -0.25) is 4.79 Å². The highest BCUT2D eigenvalue weighted by Crippen LogP contribution is 2.16. The molecular formula is C19H22N2O4S. The van der Waals surface area contributed by atoms with Crippen molar-refractivity contribution in [2.45, 2.75) is 6.54 Å². The fourth-order valence-electron chi connectivity index (χ4n) is 2.22. The van der Waals surface area contributed by atoms with Crippen molar-refractivity contribution in [3.8, 4) is 5.75 Å². The number of para-hydroxylation sites is 1. The first-order valence-corrected chi connectivity index (χ1v) is 9.51. The van der Waals surface area contributed by atoms with Gasteiger partial charge in [-0.25, -0.2) is 8.42 Å². The number of methoxy groups -OCH3 is 1. The van der Waals surface area contributed by atoms with Crippen LogP contribution in [0.2, 0.25) is 0 Å². The first kappa shape index (κ1) is 19.7. The number of nitrogens with zero attached hydrogens (tertiary/aromatic N) is 1. The van der Waals surface area contributed by atoms with E-state index in [1.807, 2.05) is 36.4 Å². The van der Waals surface area contributed by atoms with Crippen molar-refractivity contribution in [3.05, 3.63) is 71.1 Å². The highest BCUT2D eigenvalue weighted by atomic mass is 32.2. The van der Waals surface area contributed by atoms with Crippen molar-refractivity contribution in [1.29, 1.82) is 0 Å². The third-order valence-electron chi connectivity index (χ3n) is 3.70. The molecule has 0 saturated carbocycles. The number of hydrogen-bond acceptors (Lipinski definition) is 4. The highest BCUT2D eigenvalue weighted by molar-refractivity contribution is 7.92. The maximum Gasteiger partial charge on any atom is 0.236 e. The standard InChI is InChI=1S/C19H22N2O4S/c1-21(26(23,24)13-12-16-8-4-3-5-9-16)15-19(22)20-14-17-10-6-7-11-18(17)25-2/h3-13H,14-15H2,1-2H3,(H,20,22)/b13-12+. The zero-order valence-electron chi connectivity index (χ0n) is 14.8. The van der Waals surface area contributed by atoms with Gasteiger partial charge in [0.2, 0.25) is 15.9 Å². The van der Waals surface area contributed by atoms with Crippen LogP contribution in [-0.4, -0.2) is 39.3 Å². The predicted molar refractivity (Wildman–Crippen MR) is 102 cm³/mol. The summed E-state index contributed by atoms with van der Waals surface area (Å²) < 4.78 is 30.7. The summed E-state index contributed by atoms with van der Waals surface area (Å²) in [6, 6.07) is 16.4. The molecule has 0 heterocycles. The second-order valence-corrected chi connectivity index (χ2v) is 7.53. The van der Waals surface area contributed by atoms with E-state index in [2.05, 4.69) is 5.32 Å². The molecule has 6 nitrogen and oxygen atoms in total. The molecule has 0 radical (unpaired) electrons. The van der Waals surface area contributed by atoms with Crippen LogP contribution in [0.3, 0.4) is 0 Å². The molecule has 0 bridgehead atoms. The number of sulfonamides is 1. The third kappa shape index (κ3) is 5.72. The highest BCUT2D eigenvalue weighted by Gasteiger charge is 2.17. The Morgan fingerprint density at radius 3 is 2.46 bits per heavy atom. The normalized spacial score (nSPS) is 11.7. The minimum Gasteiger partial charge on any atom is -0.496 e. The van der Waals surface area contributed by atoms with Gasteiger partial charge in [-0.05, 0) is 17.7 Å². The number of carbonyl (C=O) groups excluding carboxylic acids is 1. The van der Waals surface area contributed by atoms with Gasteiger partial charge in [-0.1, -0.05) is 48.5 Å². The number of benzene rings is 2. The Morgan fingerprint density at radius 1 is 1.12 bits per heavy atom. The monoisotopic (exact) mass is 374 g/mol. The number of hydrogen-bond donors (Lipinski definition) is 1. The molecule has 1 amide bonds. The van der Waals surface area contributed by atoms with E-state index >= 15 is 0 Å². The third-order valence-corrected chi connectivity index (χ3v) is 5.18. The number of nitrogens with one attached hydrogen (secondary N) is 1. The van der Waals surface area contributed by atoms with E-state index in [-0.39, 0.29) is 13.1 Å². The van der Waals surface area contributed by atoms with Gasteiger partial charge in [0.15, 0.2) is 0 Å². The van der Waals surface area contributed by atoms with Gasteiger partial charge in [0.05, 0.1) is 13.7 Å². The molecule has 2 aromatic carbocycles. The molecule has 0 spiro atoms. The molecule has 2 rings (SSSR count). The average Bonchev–Trinajstić information content (AvgIpc) is 2.65. The molecule has 0 atom stereocenters. The Labute approximate surface area is 154 Å². The molecule has 0 aliphatic rings. The summed E-state index contributed by atoms with van der Waals surface area (Å²) in [7, 11) is -0.758. The van der Waals surface area contributed by atoms with Crippen molar-refractivity contribution in [2.75, 3.05) is 20.7 Å². The lowest BCUT2D eigenvalue weighted by molar-refractivity contribution is -0.121. The van der Waals surface area contributed by atoms with Crippen LogP contribution in [-0.2, 0) is 21.4 Å². The smallest absolute Gasteiger partial charge is 0.236 e. The maximum atomic E-state index is 12.3. The van der Waals surface area contributed by atoms with Crippen molar-refractivity contribution in [3.63, 3.8) is 0 Å². The van der Waals surface area contributed by atoms with E-state index in [9.17, 15) is 13.2 Å². The second-order valence-electron chi connectivity index (χ2n) is 5.60. The summed E-state index contributed by atoms with van der Waals surface area (Å²) in [5.41, 5.74) is 1.59. The number of ether oxygens (including phenoxy) is 1. The number of carbonyl (C=O) groups is 1. The van der Waals surface area contributed by atoms with E-state index in [0.717, 1.165) is 20.8 Å². The Bertz CT molecular complexity index is 864. The molecule has 0 saturated heterocycles. The fraction of sp³-hybridized carbons (Fsp3) is 0.211. The molecule has 26 heavy (non-hydrogen) atoms. The summed E-state index contributed by atoms with van der Waals surface area (Å²) >= 11 is 0. The minimum absolute atomic E-state index is 0.261. The van der Waals surface area contributed by atoms with Crippen LogP contribution in [0, 0.1) is 0 Å². The zero-order valence-corrected chi connectivity index (χ0v) is 15.6. The summed E-state index contributed by atoms with van der Waals surface area (Å²) in [6.45, 7) is -0.00675. The summed E-state index contributed by atoms with van der Waals surface area (Å²) in [5.74, 6) is 0.273. The topological polar surface area (TPSA) is 75.7 Å². The number of rotatable bonds is 8. The van der Waals surface area contributed by atoms with Crippen molar-refractivity contribution >= 4 is 22.0 Å². The van der Waals surface area contributed by atoms with Gasteiger partial charge >= 0.3 is 0 Å². The van der Waals surface area contributed by atoms with Crippen LogP contribution in [0.15, 0.2) is 60.0 Å². The molecule has 1 N–H and O–H groups in total. The van der Waals surface area contributed by atoms with E-state index in [1.165, 1.54) is 13.1 Å². The molecule has 0 aromatic heterocycles. The summed E-state index contributed by atoms with van der Waals surface area (Å²) in [5, 5.41) is 3.79. The first-order valence-electron chi connectivity index (χ1n) is 8.00. The van der Waals surface area contributed by atoms with Crippen molar-refractivity contribution in [2.24, 2.45) is 0 Å². The van der Waals surface area contributed by atoms with E-state index in [1.54, 1.807) is 25.3 Å². The van der Waals surface area contributed by atoms with Gasteiger partial charge in [0.25, 0.3) is 0 Å². The Balaban J connectivity index is 1.92. The Hall–Kier alpha value is -2.64. The van der Waals surface area contributed by atoms with E-state index < -0.39 is 15.9 Å². The Kier molecular flexibility index (Phi) is 6.94. The maximum absolute atomic E-state index is 12.3. The molecule has 0 fully saturated rings. The summed E-state index contributed by atoms with van der Waals surface area (Å²) in [4.78, 5) is 12.1. The molecule has 0 aliphatic heterocycles. The number of likely N-dealkylation sites (N-methyl/N-ethyl adjacent to an activating group) is 1. The first-order chi connectivity index (χ1) is 12.4. The van der Waals surface area contributed by atoms with Crippen LogP contribution in [0.25, 0.3) is 6.08 Å². The van der Waals surface area contributed by atoms with Crippen molar-refractivity contribution in [1.82, 2.24) is 9.62 Å². The predicted octanol–water partition coefficient (Wildman–Crippen LogP) is 2.24. The van der Waals surface area contributed by atoms with Crippen LogP contribution < -0.4 is 10.1 Å². The Morgan fingerprint density at radius 2 is 1.77 bits per heavy atom. The SMILES string of the molecule is COc1ccccc1CNC(=O)CN(C)S(=O)(=O)/C=C/c1ccccc1. The molecule has 7 heteroatoms. The second kappa shape index (κ2) is 9.17. The van der Waals surface area contributed by atoms with E-state index in [4.69, 9.17) is 4.74 Å². The fourth-order valence-corrected chi connectivity index (χ4v) is 3.06. The van der Waals surface area contributed by atoms with Crippen LogP contribution in [0.5, 0.6) is 5.75 Å². The molecule has 0 aliphatic carbocycles. The van der Waals surface area contributed by atoms with Gasteiger partial charge in [-0.2, -0.15) is 4.31 Å².